The van der Waals surface area contributed by atoms with Gasteiger partial charge >= 0.3 is 0 Å². The third-order valence-electron chi connectivity index (χ3n) is 5.36. The Bertz CT molecular complexity index is 1220. The van der Waals surface area contributed by atoms with E-state index in [0.29, 0.717) is 29.0 Å². The molecule has 0 atom stereocenters. The lowest BCUT2D eigenvalue weighted by Gasteiger charge is -2.12. The van der Waals surface area contributed by atoms with Gasteiger partial charge in [0.1, 0.15) is 23.9 Å². The molecule has 4 aromatic rings. The maximum absolute atomic E-state index is 6.25. The summed E-state index contributed by atoms with van der Waals surface area (Å²) >= 11 is 12.2. The zero-order valence-corrected chi connectivity index (χ0v) is 19.8. The second-order valence-corrected chi connectivity index (χ2v) is 8.70. The second-order valence-electron chi connectivity index (χ2n) is 7.86. The average molecular weight is 469 g/mol. The van der Waals surface area contributed by atoms with Gasteiger partial charge < -0.3 is 14.0 Å². The van der Waals surface area contributed by atoms with E-state index in [2.05, 4.69) is 42.7 Å². The van der Waals surface area contributed by atoms with E-state index in [4.69, 9.17) is 37.7 Å². The molecule has 1 aromatic heterocycles. The van der Waals surface area contributed by atoms with E-state index in [9.17, 15) is 0 Å². The van der Waals surface area contributed by atoms with Crippen LogP contribution < -0.4 is 9.47 Å². The van der Waals surface area contributed by atoms with Crippen LogP contribution in [0.1, 0.15) is 29.8 Å². The van der Waals surface area contributed by atoms with Crippen LogP contribution in [0, 0.1) is 13.8 Å². The van der Waals surface area contributed by atoms with Crippen molar-refractivity contribution in [1.82, 2.24) is 9.55 Å². The van der Waals surface area contributed by atoms with Crippen molar-refractivity contribution in [2.24, 2.45) is 0 Å². The number of unbranched alkanes of at least 4 members (excludes halogenated alkanes) is 1. The van der Waals surface area contributed by atoms with Gasteiger partial charge in [-0.3, -0.25) is 0 Å². The Morgan fingerprint density at radius 3 is 2.56 bits per heavy atom. The third-order valence-corrected chi connectivity index (χ3v) is 5.89. The molecule has 6 heteroatoms. The normalized spacial score (nSPS) is 11.1. The molecule has 4 nitrogen and oxygen atoms in total. The number of hydrogen-bond donors (Lipinski definition) is 0. The van der Waals surface area contributed by atoms with E-state index >= 15 is 0 Å². The Balaban J connectivity index is 1.40. The van der Waals surface area contributed by atoms with Crippen LogP contribution in [-0.4, -0.2) is 16.2 Å². The van der Waals surface area contributed by atoms with E-state index in [0.717, 1.165) is 47.6 Å². The number of rotatable bonds is 9. The first-order valence-electron chi connectivity index (χ1n) is 10.7. The molecule has 32 heavy (non-hydrogen) atoms. The number of hydrogen-bond acceptors (Lipinski definition) is 3. The highest BCUT2D eigenvalue weighted by Gasteiger charge is 2.12. The molecule has 0 spiro atoms. The number of fused-ring (bicyclic) bond motifs is 1. The molecule has 0 radical (unpaired) electrons. The molecule has 1 heterocycles. The highest BCUT2D eigenvalue weighted by Crippen LogP contribution is 2.28. The molecule has 3 aromatic carbocycles. The summed E-state index contributed by atoms with van der Waals surface area (Å²) in [7, 11) is 0. The highest BCUT2D eigenvalue weighted by molar-refractivity contribution is 6.35. The standard InChI is InChI=1S/C26H26Cl2N2O2/c1-18-9-10-19(2)25(15-18)31-14-6-5-13-30-23-8-4-3-7-22(23)29-26(30)17-32-24-12-11-20(27)16-21(24)28/h3-4,7-12,15-16H,5-6,13-14,17H2,1-2H3. The fraction of sp³-hybridized carbons (Fsp3) is 0.269. The van der Waals surface area contributed by atoms with Crippen molar-refractivity contribution in [3.8, 4) is 11.5 Å². The number of nitrogens with zero attached hydrogens (tertiary/aromatic N) is 2. The summed E-state index contributed by atoms with van der Waals surface area (Å²) in [6.07, 6.45) is 1.92. The van der Waals surface area contributed by atoms with Crippen LogP contribution in [0.4, 0.5) is 0 Å². The predicted molar refractivity (Wildman–Crippen MR) is 131 cm³/mol. The number of halogens is 2. The van der Waals surface area contributed by atoms with E-state index in [1.165, 1.54) is 5.56 Å². The maximum Gasteiger partial charge on any atom is 0.147 e. The first-order valence-corrected chi connectivity index (χ1v) is 11.5. The van der Waals surface area contributed by atoms with Crippen LogP contribution in [0.2, 0.25) is 10.0 Å². The molecule has 0 aliphatic carbocycles. The minimum Gasteiger partial charge on any atom is -0.493 e. The van der Waals surface area contributed by atoms with Gasteiger partial charge in [-0.05, 0) is 74.2 Å². The van der Waals surface area contributed by atoms with E-state index < -0.39 is 0 Å². The Morgan fingerprint density at radius 2 is 1.72 bits per heavy atom. The van der Waals surface area contributed by atoms with Crippen molar-refractivity contribution >= 4 is 34.2 Å². The van der Waals surface area contributed by atoms with Gasteiger partial charge in [0.25, 0.3) is 0 Å². The van der Waals surface area contributed by atoms with Gasteiger partial charge in [-0.15, -0.1) is 0 Å². The van der Waals surface area contributed by atoms with Crippen LogP contribution >= 0.6 is 23.2 Å². The van der Waals surface area contributed by atoms with Crippen LogP contribution in [0.15, 0.2) is 60.7 Å². The van der Waals surface area contributed by atoms with Crippen molar-refractivity contribution in [3.63, 3.8) is 0 Å². The van der Waals surface area contributed by atoms with Crippen molar-refractivity contribution < 1.29 is 9.47 Å². The average Bonchev–Trinajstić information content (AvgIpc) is 3.13. The van der Waals surface area contributed by atoms with Crippen molar-refractivity contribution in [3.05, 3.63) is 87.7 Å². The van der Waals surface area contributed by atoms with Gasteiger partial charge in [0.15, 0.2) is 0 Å². The first kappa shape index (κ1) is 22.5. The molecule has 0 N–H and O–H groups in total. The Kier molecular flexibility index (Phi) is 7.23. The van der Waals surface area contributed by atoms with Crippen LogP contribution in [0.5, 0.6) is 11.5 Å². The summed E-state index contributed by atoms with van der Waals surface area (Å²) < 4.78 is 14.2. The smallest absolute Gasteiger partial charge is 0.147 e. The fourth-order valence-corrected chi connectivity index (χ4v) is 4.10. The van der Waals surface area contributed by atoms with Gasteiger partial charge in [0.2, 0.25) is 0 Å². The lowest BCUT2D eigenvalue weighted by atomic mass is 10.1. The van der Waals surface area contributed by atoms with E-state index in [-0.39, 0.29) is 0 Å². The largest absolute Gasteiger partial charge is 0.493 e. The summed E-state index contributed by atoms with van der Waals surface area (Å²) in [5, 5.41) is 1.07. The second kappa shape index (κ2) is 10.3. The molecule has 0 amide bonds. The maximum atomic E-state index is 6.25. The summed E-state index contributed by atoms with van der Waals surface area (Å²) in [5.74, 6) is 2.43. The van der Waals surface area contributed by atoms with Gasteiger partial charge in [0, 0.05) is 11.6 Å². The van der Waals surface area contributed by atoms with Crippen molar-refractivity contribution in [2.45, 2.75) is 39.8 Å². The van der Waals surface area contributed by atoms with Crippen molar-refractivity contribution in [2.75, 3.05) is 6.61 Å². The van der Waals surface area contributed by atoms with Gasteiger partial charge in [-0.25, -0.2) is 4.98 Å². The third kappa shape index (κ3) is 5.37. The zero-order valence-electron chi connectivity index (χ0n) is 18.3. The molecule has 166 valence electrons. The lowest BCUT2D eigenvalue weighted by molar-refractivity contribution is 0.285. The Hall–Kier alpha value is -2.69. The molecule has 0 aliphatic rings. The van der Waals surface area contributed by atoms with E-state index in [1.54, 1.807) is 18.2 Å². The number of imidazole rings is 1. The number of para-hydroxylation sites is 2. The topological polar surface area (TPSA) is 36.3 Å². The summed E-state index contributed by atoms with van der Waals surface area (Å²) in [5.41, 5.74) is 4.43. The molecule has 0 bridgehead atoms. The van der Waals surface area contributed by atoms with Gasteiger partial charge in [-0.1, -0.05) is 47.5 Å². The highest BCUT2D eigenvalue weighted by atomic mass is 35.5. The molecule has 0 saturated heterocycles. The monoisotopic (exact) mass is 468 g/mol. The Morgan fingerprint density at radius 1 is 0.875 bits per heavy atom. The minimum atomic E-state index is 0.328. The molecule has 0 fully saturated rings. The first-order chi connectivity index (χ1) is 15.5. The van der Waals surface area contributed by atoms with Crippen molar-refractivity contribution in [1.29, 1.82) is 0 Å². The molecule has 0 unspecified atom stereocenters. The van der Waals surface area contributed by atoms with Crippen LogP contribution in [-0.2, 0) is 13.2 Å². The molecule has 0 aliphatic heterocycles. The van der Waals surface area contributed by atoms with Crippen LogP contribution in [0.3, 0.4) is 0 Å². The molecular formula is C26H26Cl2N2O2. The summed E-state index contributed by atoms with van der Waals surface area (Å²) in [6.45, 7) is 6.00. The molecular weight excluding hydrogens is 443 g/mol. The minimum absolute atomic E-state index is 0.328. The van der Waals surface area contributed by atoms with E-state index in [1.807, 2.05) is 18.2 Å². The number of ether oxygens (including phenoxy) is 2. The fourth-order valence-electron chi connectivity index (χ4n) is 3.64. The number of benzene rings is 3. The number of aryl methyl sites for hydroxylation is 3. The predicted octanol–water partition coefficient (Wildman–Crippen LogP) is 7.40. The Labute approximate surface area is 198 Å². The SMILES string of the molecule is Cc1ccc(C)c(OCCCCn2c(COc3ccc(Cl)cc3Cl)nc3ccccc32)c1. The quantitative estimate of drug-likeness (QED) is 0.240. The lowest BCUT2D eigenvalue weighted by Crippen LogP contribution is -2.09. The zero-order chi connectivity index (χ0) is 22.5. The summed E-state index contributed by atoms with van der Waals surface area (Å²) in [4.78, 5) is 4.78. The van der Waals surface area contributed by atoms with Gasteiger partial charge in [0.05, 0.1) is 22.7 Å². The molecule has 0 saturated carbocycles. The summed E-state index contributed by atoms with van der Waals surface area (Å²) in [6, 6.07) is 19.7. The van der Waals surface area contributed by atoms with Gasteiger partial charge in [-0.2, -0.15) is 0 Å². The number of aromatic nitrogens is 2. The van der Waals surface area contributed by atoms with Crippen LogP contribution in [0.25, 0.3) is 11.0 Å². The molecule has 4 rings (SSSR count).